The van der Waals surface area contributed by atoms with Gasteiger partial charge in [0.25, 0.3) is 0 Å². The summed E-state index contributed by atoms with van der Waals surface area (Å²) in [6, 6.07) is 0.101. The first kappa shape index (κ1) is 21.9. The van der Waals surface area contributed by atoms with E-state index in [1.165, 1.54) is 30.0 Å². The lowest BCUT2D eigenvalue weighted by atomic mass is 9.83. The third-order valence-corrected chi connectivity index (χ3v) is 7.50. The Bertz CT molecular complexity index is 622. The Morgan fingerprint density at radius 1 is 1.27 bits per heavy atom. The van der Waals surface area contributed by atoms with E-state index in [0.29, 0.717) is 29.6 Å². The molecule has 1 saturated heterocycles. The number of piperidine rings is 1. The third kappa shape index (κ3) is 3.91. The molecule has 2 N–H and O–H groups in total. The Labute approximate surface area is 173 Å². The molecule has 148 valence electrons. The van der Waals surface area contributed by atoms with E-state index < -0.39 is 0 Å². The van der Waals surface area contributed by atoms with Crippen molar-refractivity contribution in [3.63, 3.8) is 0 Å². The van der Waals surface area contributed by atoms with Crippen LogP contribution in [0.1, 0.15) is 68.5 Å². The highest BCUT2D eigenvalue weighted by atomic mass is 35.5. The van der Waals surface area contributed by atoms with Gasteiger partial charge in [0.1, 0.15) is 0 Å². The molecule has 1 aromatic rings. The van der Waals surface area contributed by atoms with Crippen LogP contribution in [-0.2, 0) is 4.79 Å². The lowest BCUT2D eigenvalue weighted by Gasteiger charge is -2.37. The molecule has 3 fully saturated rings. The highest BCUT2D eigenvalue weighted by Crippen LogP contribution is 2.48. The Kier molecular flexibility index (Phi) is 7.39. The molecule has 4 rings (SSSR count). The highest BCUT2D eigenvalue weighted by Gasteiger charge is 2.50. The van der Waals surface area contributed by atoms with Gasteiger partial charge in [-0.15, -0.1) is 36.2 Å². The molecule has 3 aliphatic rings. The summed E-state index contributed by atoms with van der Waals surface area (Å²) in [5, 5.41) is 3.40. The first-order valence-corrected chi connectivity index (χ1v) is 10.4. The molecule has 2 bridgehead atoms. The topological polar surface area (TPSA) is 59.2 Å². The Morgan fingerprint density at radius 3 is 2.62 bits per heavy atom. The van der Waals surface area contributed by atoms with Gasteiger partial charge >= 0.3 is 0 Å². The lowest BCUT2D eigenvalue weighted by Crippen LogP contribution is -2.49. The standard InChI is InChI=1S/C19H29N3OS.2ClH/c1-11(2)15-10-24-18(21-15)14-4-3-7-22(9-14)19(23)16-12-5-6-13(8-12)17(16)20;;/h10-14,16-17H,3-9,20H2,1-2H3;2*1H. The molecular formula is C19H31Cl2N3OS. The van der Waals surface area contributed by atoms with Gasteiger partial charge in [-0.05, 0) is 49.9 Å². The number of fused-ring (bicyclic) bond motifs is 2. The summed E-state index contributed by atoms with van der Waals surface area (Å²) in [5.41, 5.74) is 7.58. The van der Waals surface area contributed by atoms with E-state index in [0.717, 1.165) is 25.9 Å². The van der Waals surface area contributed by atoms with Crippen molar-refractivity contribution in [3.05, 3.63) is 16.1 Å². The largest absolute Gasteiger partial charge is 0.342 e. The van der Waals surface area contributed by atoms with Crippen molar-refractivity contribution in [2.45, 2.75) is 63.8 Å². The fourth-order valence-electron chi connectivity index (χ4n) is 5.05. The van der Waals surface area contributed by atoms with Crippen molar-refractivity contribution in [2.75, 3.05) is 13.1 Å². The maximum atomic E-state index is 13.1. The molecule has 0 aromatic carbocycles. The average Bonchev–Trinajstić information content (AvgIpc) is 3.30. The van der Waals surface area contributed by atoms with E-state index in [4.69, 9.17) is 10.7 Å². The second-order valence-corrected chi connectivity index (χ2v) is 9.21. The quantitative estimate of drug-likeness (QED) is 0.798. The molecule has 26 heavy (non-hydrogen) atoms. The van der Waals surface area contributed by atoms with Crippen molar-refractivity contribution in [2.24, 2.45) is 23.5 Å². The minimum atomic E-state index is 0. The molecule has 7 heteroatoms. The van der Waals surface area contributed by atoms with Crippen LogP contribution in [0, 0.1) is 17.8 Å². The summed E-state index contributed by atoms with van der Waals surface area (Å²) < 4.78 is 0. The summed E-state index contributed by atoms with van der Waals surface area (Å²) in [7, 11) is 0. The predicted molar refractivity (Wildman–Crippen MR) is 112 cm³/mol. The van der Waals surface area contributed by atoms with Crippen LogP contribution in [0.2, 0.25) is 0 Å². The van der Waals surface area contributed by atoms with Crippen LogP contribution in [0.4, 0.5) is 0 Å². The molecule has 1 aromatic heterocycles. The minimum absolute atomic E-state index is 0. The van der Waals surface area contributed by atoms with Gasteiger partial charge in [-0.2, -0.15) is 0 Å². The monoisotopic (exact) mass is 419 g/mol. The summed E-state index contributed by atoms with van der Waals surface area (Å²) in [6.45, 7) is 6.11. The summed E-state index contributed by atoms with van der Waals surface area (Å²) in [5.74, 6) is 2.45. The van der Waals surface area contributed by atoms with E-state index in [9.17, 15) is 4.79 Å². The molecule has 2 aliphatic carbocycles. The number of thiazole rings is 1. The maximum absolute atomic E-state index is 13.1. The zero-order chi connectivity index (χ0) is 16.8. The van der Waals surface area contributed by atoms with Crippen LogP contribution in [0.15, 0.2) is 5.38 Å². The minimum Gasteiger partial charge on any atom is -0.342 e. The first-order chi connectivity index (χ1) is 11.5. The molecule has 2 heterocycles. The molecule has 5 atom stereocenters. The number of hydrogen-bond donors (Lipinski definition) is 1. The molecule has 1 aliphatic heterocycles. The van der Waals surface area contributed by atoms with Gasteiger partial charge in [0, 0.05) is 30.4 Å². The van der Waals surface area contributed by atoms with E-state index in [2.05, 4.69) is 24.1 Å². The van der Waals surface area contributed by atoms with Gasteiger partial charge in [0.2, 0.25) is 5.91 Å². The van der Waals surface area contributed by atoms with Gasteiger partial charge in [-0.1, -0.05) is 13.8 Å². The Balaban J connectivity index is 0.00000121. The number of carbonyl (C=O) groups is 1. The van der Waals surface area contributed by atoms with Gasteiger partial charge in [-0.3, -0.25) is 4.79 Å². The van der Waals surface area contributed by atoms with E-state index >= 15 is 0 Å². The number of aromatic nitrogens is 1. The smallest absolute Gasteiger partial charge is 0.227 e. The van der Waals surface area contributed by atoms with Crippen molar-refractivity contribution < 1.29 is 4.79 Å². The average molecular weight is 420 g/mol. The fraction of sp³-hybridized carbons (Fsp3) is 0.789. The molecule has 5 unspecified atom stereocenters. The normalized spacial score (nSPS) is 33.1. The molecular weight excluding hydrogens is 389 g/mol. The van der Waals surface area contributed by atoms with Crippen LogP contribution < -0.4 is 5.73 Å². The Hall–Kier alpha value is -0.360. The predicted octanol–water partition coefficient (Wildman–Crippen LogP) is 4.19. The highest BCUT2D eigenvalue weighted by molar-refractivity contribution is 7.09. The molecule has 1 amide bonds. The zero-order valence-corrected chi connectivity index (χ0v) is 18.0. The van der Waals surface area contributed by atoms with Gasteiger partial charge in [-0.25, -0.2) is 4.98 Å². The number of nitrogens with zero attached hydrogens (tertiary/aromatic N) is 2. The second-order valence-electron chi connectivity index (χ2n) is 8.33. The number of likely N-dealkylation sites (tertiary alicyclic amines) is 1. The van der Waals surface area contributed by atoms with E-state index in [-0.39, 0.29) is 36.8 Å². The van der Waals surface area contributed by atoms with E-state index in [1.54, 1.807) is 11.3 Å². The van der Waals surface area contributed by atoms with Crippen molar-refractivity contribution in [1.82, 2.24) is 9.88 Å². The zero-order valence-electron chi connectivity index (χ0n) is 15.6. The second kappa shape index (κ2) is 8.76. The summed E-state index contributed by atoms with van der Waals surface area (Å²) in [6.07, 6.45) is 5.85. The van der Waals surface area contributed by atoms with Crippen molar-refractivity contribution in [3.8, 4) is 0 Å². The SMILES string of the molecule is CC(C)c1csc(C2CCCN(C(=O)C3C4CCC(C4)C3N)C2)n1.Cl.Cl. The third-order valence-electron chi connectivity index (χ3n) is 6.48. The fourth-order valence-corrected chi connectivity index (χ4v) is 6.15. The van der Waals surface area contributed by atoms with Crippen LogP contribution in [0.5, 0.6) is 0 Å². The molecule has 0 radical (unpaired) electrons. The molecule has 2 saturated carbocycles. The van der Waals surface area contributed by atoms with Crippen LogP contribution in [0.3, 0.4) is 0 Å². The van der Waals surface area contributed by atoms with Crippen LogP contribution >= 0.6 is 36.2 Å². The van der Waals surface area contributed by atoms with Crippen LogP contribution in [0.25, 0.3) is 0 Å². The number of halogens is 2. The van der Waals surface area contributed by atoms with Gasteiger partial charge < -0.3 is 10.6 Å². The van der Waals surface area contributed by atoms with Gasteiger partial charge in [0.15, 0.2) is 0 Å². The number of amides is 1. The number of hydrogen-bond acceptors (Lipinski definition) is 4. The number of nitrogens with two attached hydrogens (primary N) is 1. The number of carbonyl (C=O) groups excluding carboxylic acids is 1. The lowest BCUT2D eigenvalue weighted by molar-refractivity contribution is -0.139. The summed E-state index contributed by atoms with van der Waals surface area (Å²) in [4.78, 5) is 20.1. The van der Waals surface area contributed by atoms with Crippen molar-refractivity contribution in [1.29, 1.82) is 0 Å². The summed E-state index contributed by atoms with van der Waals surface area (Å²) >= 11 is 1.77. The first-order valence-electron chi connectivity index (χ1n) is 9.54. The Morgan fingerprint density at radius 2 is 2.00 bits per heavy atom. The van der Waals surface area contributed by atoms with E-state index in [1.807, 2.05) is 0 Å². The van der Waals surface area contributed by atoms with Crippen LogP contribution in [-0.4, -0.2) is 34.9 Å². The molecule has 0 spiro atoms. The van der Waals surface area contributed by atoms with Crippen molar-refractivity contribution >= 4 is 42.1 Å². The van der Waals surface area contributed by atoms with Gasteiger partial charge in [0.05, 0.1) is 16.6 Å². The maximum Gasteiger partial charge on any atom is 0.227 e. The molecule has 4 nitrogen and oxygen atoms in total. The number of rotatable bonds is 3.